The fourth-order valence-corrected chi connectivity index (χ4v) is 4.86. The van der Waals surface area contributed by atoms with Gasteiger partial charge in [0, 0.05) is 30.0 Å². The number of hydrogen-bond acceptors (Lipinski definition) is 7. The first-order valence-electron chi connectivity index (χ1n) is 11.4. The van der Waals surface area contributed by atoms with Gasteiger partial charge in [-0.25, -0.2) is 9.29 Å². The van der Waals surface area contributed by atoms with Gasteiger partial charge in [0.15, 0.2) is 19.8 Å². The summed E-state index contributed by atoms with van der Waals surface area (Å²) in [5, 5.41) is 8.28. The number of amides is 3. The highest BCUT2D eigenvalue weighted by molar-refractivity contribution is 7.57. The number of anilines is 2. The second kappa shape index (κ2) is 11.3. The molecule has 2 heterocycles. The van der Waals surface area contributed by atoms with E-state index < -0.39 is 37.0 Å². The highest BCUT2D eigenvalue weighted by Crippen LogP contribution is 2.41. The standard InChI is InChI=1S/C19H15FN2O4.C5H12NO4P/c1-2-7-21-15-9-14(13(20)8-16(15)26-10-17(21)23)22-18(24)11-5-3-4-6-12(11)19(22)25;1-11(9,10)3-2-4(6)5(7)8/h1,8-9H,3-7,10H2;4H,2-3,6H2,1H3,(H,7,8)(H,9,10). The Balaban J connectivity index is 0.000000295. The van der Waals surface area contributed by atoms with E-state index in [1.165, 1.54) is 17.6 Å². The lowest BCUT2D eigenvalue weighted by atomic mass is 9.93. The van der Waals surface area contributed by atoms with Crippen LogP contribution in [0.5, 0.6) is 5.75 Å². The van der Waals surface area contributed by atoms with Gasteiger partial charge in [-0.1, -0.05) is 5.92 Å². The number of carbonyl (C=O) groups is 4. The molecule has 0 saturated heterocycles. The lowest BCUT2D eigenvalue weighted by molar-refractivity contribution is -0.138. The first kappa shape index (κ1) is 28.1. The molecular formula is C24H27FN3O8P. The van der Waals surface area contributed by atoms with Crippen LogP contribution in [0, 0.1) is 18.2 Å². The molecule has 1 aromatic carbocycles. The number of carboxylic acids is 1. The normalized spacial score (nSPS) is 19.2. The Morgan fingerprint density at radius 1 is 1.22 bits per heavy atom. The molecule has 13 heteroatoms. The number of rotatable bonds is 6. The second-order valence-corrected chi connectivity index (χ2v) is 11.4. The predicted octanol–water partition coefficient (Wildman–Crippen LogP) is 1.62. The summed E-state index contributed by atoms with van der Waals surface area (Å²) >= 11 is 0. The number of aliphatic carboxylic acids is 1. The van der Waals surface area contributed by atoms with Crippen LogP contribution in [0.25, 0.3) is 0 Å². The van der Waals surface area contributed by atoms with Crippen LogP contribution in [0.3, 0.4) is 0 Å². The maximum atomic E-state index is 14.7. The van der Waals surface area contributed by atoms with Gasteiger partial charge in [-0.2, -0.15) is 0 Å². The number of imide groups is 1. The summed E-state index contributed by atoms with van der Waals surface area (Å²) in [5.41, 5.74) is 6.08. The summed E-state index contributed by atoms with van der Waals surface area (Å²) in [6.45, 7) is 0.920. The quantitative estimate of drug-likeness (QED) is 0.279. The van der Waals surface area contributed by atoms with Crippen LogP contribution < -0.4 is 20.3 Å². The third kappa shape index (κ3) is 6.25. The van der Waals surface area contributed by atoms with Gasteiger partial charge in [-0.3, -0.25) is 28.6 Å². The third-order valence-corrected chi connectivity index (χ3v) is 7.11. The lowest BCUT2D eigenvalue weighted by Gasteiger charge is -2.29. The molecule has 0 aromatic heterocycles. The van der Waals surface area contributed by atoms with E-state index in [0.29, 0.717) is 24.0 Å². The third-order valence-electron chi connectivity index (χ3n) is 6.02. The van der Waals surface area contributed by atoms with E-state index in [1.807, 2.05) is 0 Å². The first-order chi connectivity index (χ1) is 17.4. The molecule has 3 aliphatic rings. The van der Waals surface area contributed by atoms with Gasteiger partial charge in [0.2, 0.25) is 0 Å². The van der Waals surface area contributed by atoms with Crippen molar-refractivity contribution in [2.75, 3.05) is 35.8 Å². The van der Waals surface area contributed by atoms with Crippen molar-refractivity contribution in [3.05, 3.63) is 29.1 Å². The van der Waals surface area contributed by atoms with Gasteiger partial charge >= 0.3 is 5.97 Å². The van der Waals surface area contributed by atoms with Crippen molar-refractivity contribution in [3.63, 3.8) is 0 Å². The Kier molecular flexibility index (Phi) is 8.53. The zero-order chi connectivity index (χ0) is 27.5. The summed E-state index contributed by atoms with van der Waals surface area (Å²) in [6.07, 6.45) is 8.01. The molecule has 198 valence electrons. The van der Waals surface area contributed by atoms with Crippen LogP contribution in [0.2, 0.25) is 0 Å². The van der Waals surface area contributed by atoms with E-state index in [-0.39, 0.29) is 48.8 Å². The van der Waals surface area contributed by atoms with Crippen LogP contribution in [-0.4, -0.2) is 65.7 Å². The highest BCUT2D eigenvalue weighted by Gasteiger charge is 2.41. The van der Waals surface area contributed by atoms with Crippen molar-refractivity contribution in [3.8, 4) is 18.1 Å². The van der Waals surface area contributed by atoms with Gasteiger partial charge in [0.1, 0.15) is 11.8 Å². The Morgan fingerprint density at radius 3 is 2.32 bits per heavy atom. The minimum absolute atomic E-state index is 0.0170. The molecule has 4 rings (SSSR count). The van der Waals surface area contributed by atoms with Gasteiger partial charge in [-0.15, -0.1) is 6.42 Å². The van der Waals surface area contributed by atoms with E-state index in [2.05, 4.69) is 5.92 Å². The molecule has 37 heavy (non-hydrogen) atoms. The molecule has 1 aromatic rings. The molecule has 0 fully saturated rings. The molecule has 0 saturated carbocycles. The molecule has 0 bridgehead atoms. The minimum atomic E-state index is -3.10. The number of ether oxygens (including phenoxy) is 1. The molecule has 1 aliphatic carbocycles. The Bertz CT molecular complexity index is 1240. The van der Waals surface area contributed by atoms with Crippen LogP contribution in [0.15, 0.2) is 23.3 Å². The molecular weight excluding hydrogens is 508 g/mol. The molecule has 0 spiro atoms. The molecule has 0 radical (unpaired) electrons. The average molecular weight is 535 g/mol. The number of benzene rings is 1. The smallest absolute Gasteiger partial charge is 0.320 e. The number of nitrogens with two attached hydrogens (primary N) is 1. The number of terminal acetylenes is 1. The van der Waals surface area contributed by atoms with Gasteiger partial charge in [-0.05, 0) is 38.2 Å². The molecule has 11 nitrogen and oxygen atoms in total. The van der Waals surface area contributed by atoms with Crippen LogP contribution in [0.1, 0.15) is 32.1 Å². The number of hydrogen-bond donors (Lipinski definition) is 3. The highest BCUT2D eigenvalue weighted by atomic mass is 31.2. The lowest BCUT2D eigenvalue weighted by Crippen LogP contribution is -2.39. The molecule has 2 atom stereocenters. The maximum Gasteiger partial charge on any atom is 0.320 e. The molecule has 2 unspecified atom stereocenters. The summed E-state index contributed by atoms with van der Waals surface area (Å²) in [6, 6.07) is 1.33. The Labute approximate surface area is 212 Å². The zero-order valence-corrected chi connectivity index (χ0v) is 21.0. The SMILES string of the molecule is C#CCN1C(=O)COc2cc(F)c(N3C(=O)C4=C(CCCC4)C3=O)cc21.CP(=O)(O)CCC(N)C(=O)O. The zero-order valence-electron chi connectivity index (χ0n) is 20.1. The molecule has 3 amide bonds. The largest absolute Gasteiger partial charge is 0.481 e. The van der Waals surface area contributed by atoms with Crippen molar-refractivity contribution in [2.24, 2.45) is 5.73 Å². The van der Waals surface area contributed by atoms with E-state index in [1.54, 1.807) is 0 Å². The number of nitrogens with zero attached hydrogens (tertiary/aromatic N) is 2. The number of carbonyl (C=O) groups excluding carboxylic acids is 3. The van der Waals surface area contributed by atoms with Crippen molar-refractivity contribution >= 4 is 42.4 Å². The molecule has 4 N–H and O–H groups in total. The monoisotopic (exact) mass is 535 g/mol. The van der Waals surface area contributed by atoms with E-state index in [4.69, 9.17) is 26.9 Å². The van der Waals surface area contributed by atoms with Crippen LogP contribution >= 0.6 is 7.37 Å². The maximum absolute atomic E-state index is 14.7. The van der Waals surface area contributed by atoms with Crippen molar-refractivity contribution in [1.29, 1.82) is 0 Å². The van der Waals surface area contributed by atoms with Crippen molar-refractivity contribution < 1.29 is 42.9 Å². The van der Waals surface area contributed by atoms with Gasteiger partial charge in [0.05, 0.1) is 17.9 Å². The van der Waals surface area contributed by atoms with Gasteiger partial charge in [0.25, 0.3) is 17.7 Å². The first-order valence-corrected chi connectivity index (χ1v) is 13.7. The van der Waals surface area contributed by atoms with E-state index >= 15 is 0 Å². The van der Waals surface area contributed by atoms with Crippen LogP contribution in [-0.2, 0) is 23.7 Å². The molecule has 2 aliphatic heterocycles. The minimum Gasteiger partial charge on any atom is -0.481 e. The van der Waals surface area contributed by atoms with Gasteiger partial charge < -0.3 is 20.5 Å². The van der Waals surface area contributed by atoms with Crippen molar-refractivity contribution in [2.45, 2.75) is 38.1 Å². The summed E-state index contributed by atoms with van der Waals surface area (Å²) in [4.78, 5) is 58.4. The van der Waals surface area contributed by atoms with E-state index in [0.717, 1.165) is 23.8 Å². The van der Waals surface area contributed by atoms with E-state index in [9.17, 15) is 28.1 Å². The Morgan fingerprint density at radius 2 is 1.81 bits per heavy atom. The fourth-order valence-electron chi connectivity index (χ4n) is 4.11. The second-order valence-electron chi connectivity index (χ2n) is 8.86. The van der Waals surface area contributed by atoms with Crippen molar-refractivity contribution in [1.82, 2.24) is 0 Å². The number of carboxylic acid groups (broad SMARTS) is 1. The predicted molar refractivity (Wildman–Crippen MR) is 132 cm³/mol. The number of fused-ring (bicyclic) bond motifs is 1. The summed E-state index contributed by atoms with van der Waals surface area (Å²) in [7, 11) is -3.10. The summed E-state index contributed by atoms with van der Waals surface area (Å²) in [5.74, 6) is -0.735. The number of halogens is 1. The fraction of sp³-hybridized carbons (Fsp3) is 0.417. The Hall–Kier alpha value is -3.52. The topological polar surface area (TPSA) is 168 Å². The summed E-state index contributed by atoms with van der Waals surface area (Å²) < 4.78 is 30.6. The average Bonchev–Trinajstić information content (AvgIpc) is 3.09. The van der Waals surface area contributed by atoms with Crippen LogP contribution in [0.4, 0.5) is 15.8 Å².